The number of rotatable bonds is 15. The fourth-order valence-electron chi connectivity index (χ4n) is 7.71. The third-order valence-electron chi connectivity index (χ3n) is 11.0. The van der Waals surface area contributed by atoms with Crippen LogP contribution < -0.4 is 20.7 Å². The van der Waals surface area contributed by atoms with Gasteiger partial charge in [-0.25, -0.2) is 35.4 Å². The van der Waals surface area contributed by atoms with Crippen molar-refractivity contribution >= 4 is 78.9 Å². The van der Waals surface area contributed by atoms with E-state index in [2.05, 4.69) is 30.0 Å². The second kappa shape index (κ2) is 31.2. The molecule has 0 spiro atoms. The molecule has 0 saturated heterocycles. The van der Waals surface area contributed by atoms with E-state index in [1.807, 2.05) is 96.3 Å². The molecule has 75 heavy (non-hydrogen) atoms. The molecule has 8 rings (SSSR count). The third kappa shape index (κ3) is 17.7. The van der Waals surface area contributed by atoms with Crippen molar-refractivity contribution < 1.29 is 32.2 Å². The molecule has 0 aliphatic carbocycles. The summed E-state index contributed by atoms with van der Waals surface area (Å²) in [5.74, 6) is 6.98. The standard InChI is InChI=1S/C25H23F3N6O.C13H18ClNO.C13H15N5O2.CH4.3ClH/c1-16-14-33(15-29-16)21-11-9-17(30-24(21)35-2)10-12-22-31-23-19(7-5-13-34(23)32-22)18-6-3-4-8-20(18)25(26,27)28;1-2-16-13(15)12(9-6-10-14)11-7-4-3-5-8-11;1-9-7-18(8-15-9)11-5-3-10(16-13(11)20-2)4-6-12(19)17-14;;;;/h3-4,6,8-12,14-15,19H,5,7,13H2,1-2H3;3-5,7-8,12,15H,2,6,9-10H2,1H3;3-8H,14H2,1-2H3,(H,17,19);1H4;3*1H/b12-10+;;6-4+;;;;. The molecule has 7 aromatic rings. The number of nitrogens with two attached hydrogens (primary N) is 1. The van der Waals surface area contributed by atoms with Crippen LogP contribution in [-0.4, -0.2) is 82.3 Å². The Morgan fingerprint density at radius 1 is 0.853 bits per heavy atom. The van der Waals surface area contributed by atoms with E-state index < -0.39 is 23.6 Å². The number of nitrogens with zero attached hydrogens (tertiary/aromatic N) is 9. The molecule has 1 aliphatic heterocycles. The van der Waals surface area contributed by atoms with Gasteiger partial charge in [-0.1, -0.05) is 56.0 Å². The van der Waals surface area contributed by atoms with Crippen molar-refractivity contribution in [3.63, 3.8) is 0 Å². The first kappa shape index (κ1) is 64.3. The highest BCUT2D eigenvalue weighted by Crippen LogP contribution is 2.40. The fourth-order valence-corrected chi connectivity index (χ4v) is 7.87. The normalized spacial score (nSPS) is 12.9. The summed E-state index contributed by atoms with van der Waals surface area (Å²) in [6.45, 7) is 6.86. The van der Waals surface area contributed by atoms with Crippen molar-refractivity contribution in [2.75, 3.05) is 26.7 Å². The van der Waals surface area contributed by atoms with Gasteiger partial charge in [-0.15, -0.1) is 48.8 Å². The van der Waals surface area contributed by atoms with Crippen LogP contribution >= 0.6 is 48.8 Å². The van der Waals surface area contributed by atoms with Crippen molar-refractivity contribution in [2.45, 2.75) is 78.4 Å². The average molecular weight is 1120 g/mol. The molecule has 1 amide bonds. The Morgan fingerprint density at radius 3 is 1.95 bits per heavy atom. The highest BCUT2D eigenvalue weighted by atomic mass is 35.5. The number of imidazole rings is 2. The molecule has 4 N–H and O–H groups in total. The second-order valence-corrected chi connectivity index (χ2v) is 16.3. The number of aromatic nitrogens is 9. The highest BCUT2D eigenvalue weighted by molar-refractivity contribution is 6.17. The summed E-state index contributed by atoms with van der Waals surface area (Å²) in [5.41, 5.74) is 7.28. The van der Waals surface area contributed by atoms with Gasteiger partial charge < -0.3 is 23.3 Å². The molecule has 0 fully saturated rings. The first-order valence-corrected chi connectivity index (χ1v) is 23.2. The van der Waals surface area contributed by atoms with Crippen LogP contribution in [0.1, 0.15) is 103 Å². The van der Waals surface area contributed by atoms with Crippen LogP contribution in [0.15, 0.2) is 110 Å². The van der Waals surface area contributed by atoms with Gasteiger partial charge >= 0.3 is 6.18 Å². The van der Waals surface area contributed by atoms with Crippen LogP contribution in [0.4, 0.5) is 13.2 Å². The van der Waals surface area contributed by atoms with Crippen molar-refractivity contribution in [1.29, 1.82) is 5.41 Å². The number of pyridine rings is 2. The minimum Gasteiger partial charge on any atom is -0.481 e. The molecule has 0 bridgehead atoms. The topological polar surface area (TPSA) is 199 Å². The second-order valence-electron chi connectivity index (χ2n) is 16.0. The summed E-state index contributed by atoms with van der Waals surface area (Å²) in [7, 11) is 3.09. The number of ether oxygens (including phenoxy) is 3. The molecule has 2 unspecified atom stereocenters. The summed E-state index contributed by atoms with van der Waals surface area (Å²) in [4.78, 5) is 32.8. The summed E-state index contributed by atoms with van der Waals surface area (Å²) in [5, 5.41) is 12.4. The fraction of sp³-hybridized carbons (Fsp3) is 0.308. The molecule has 0 saturated carbocycles. The van der Waals surface area contributed by atoms with Crippen LogP contribution in [0.3, 0.4) is 0 Å². The van der Waals surface area contributed by atoms with Gasteiger partial charge in [-0.3, -0.25) is 15.6 Å². The van der Waals surface area contributed by atoms with E-state index in [1.165, 1.54) is 25.3 Å². The van der Waals surface area contributed by atoms with Gasteiger partial charge in [0, 0.05) is 36.8 Å². The monoisotopic (exact) mass is 1120 g/mol. The number of carbonyl (C=O) groups excluding carboxylic acids is 1. The van der Waals surface area contributed by atoms with Crippen molar-refractivity contribution in [2.24, 2.45) is 5.84 Å². The van der Waals surface area contributed by atoms with Gasteiger partial charge in [0.15, 0.2) is 11.7 Å². The number of benzene rings is 2. The molecule has 1 aliphatic rings. The number of nitrogens with one attached hydrogen (secondary N) is 2. The largest absolute Gasteiger partial charge is 0.481 e. The summed E-state index contributed by atoms with van der Waals surface area (Å²) in [6.07, 6.45) is 12.1. The van der Waals surface area contributed by atoms with Crippen LogP contribution in [0.25, 0.3) is 29.6 Å². The SMILES string of the molecule is C.CCOC(=N)C(CCCCl)c1ccccc1.COc1nc(/C=C/C(=O)NN)ccc1-n1cnc(C)c1.COc1nc(/C=C/c2nc3n(n2)CCCC3c2ccccc2C(F)(F)F)ccc1-n1cnc(C)c1.Cl.Cl.Cl. The molecular formula is C52H63Cl4F3N12O4. The molecule has 23 heteroatoms. The van der Waals surface area contributed by atoms with Gasteiger partial charge in [0.25, 0.3) is 5.91 Å². The van der Waals surface area contributed by atoms with Gasteiger partial charge in [0.1, 0.15) is 17.2 Å². The number of fused-ring (bicyclic) bond motifs is 1. The lowest BCUT2D eigenvalue weighted by atomic mass is 9.88. The number of carbonyl (C=O) groups is 1. The van der Waals surface area contributed by atoms with E-state index in [0.29, 0.717) is 66.1 Å². The first-order valence-electron chi connectivity index (χ1n) is 22.7. The van der Waals surface area contributed by atoms with E-state index in [1.54, 1.807) is 54.8 Å². The number of hydrazine groups is 1. The maximum atomic E-state index is 13.6. The number of amides is 1. The van der Waals surface area contributed by atoms with Crippen LogP contribution in [0, 0.1) is 19.3 Å². The molecule has 404 valence electrons. The van der Waals surface area contributed by atoms with Gasteiger partial charge in [-0.05, 0) is 106 Å². The number of aryl methyl sites for hydroxylation is 3. The molecule has 2 aromatic carbocycles. The minimum absolute atomic E-state index is 0. The molecule has 5 aromatic heterocycles. The Balaban J connectivity index is 0.000000412. The van der Waals surface area contributed by atoms with Crippen molar-refractivity contribution in [3.8, 4) is 23.1 Å². The Bertz CT molecular complexity index is 2930. The average Bonchev–Trinajstić information content (AvgIpc) is 4.15. The lowest BCUT2D eigenvalue weighted by Gasteiger charge is -2.25. The third-order valence-corrected chi connectivity index (χ3v) is 11.3. The minimum atomic E-state index is -4.42. The Labute approximate surface area is 458 Å². The predicted octanol–water partition coefficient (Wildman–Crippen LogP) is 11.6. The Morgan fingerprint density at radius 2 is 1.43 bits per heavy atom. The van der Waals surface area contributed by atoms with E-state index >= 15 is 0 Å². The smallest absolute Gasteiger partial charge is 0.416 e. The number of hydrogen-bond acceptors (Lipinski definition) is 12. The molecule has 0 radical (unpaired) electrons. The quantitative estimate of drug-likeness (QED) is 0.0168. The Hall–Kier alpha value is -6.77. The maximum Gasteiger partial charge on any atom is 0.416 e. The molecule has 6 heterocycles. The van der Waals surface area contributed by atoms with Crippen LogP contribution in [-0.2, 0) is 22.3 Å². The summed E-state index contributed by atoms with van der Waals surface area (Å²) >= 11 is 5.70. The zero-order chi connectivity index (χ0) is 50.9. The Kier molecular flexibility index (Phi) is 26.8. The summed E-state index contributed by atoms with van der Waals surface area (Å²) in [6, 6.07) is 23.1. The molecular weight excluding hydrogens is 1060 g/mol. The predicted molar refractivity (Wildman–Crippen MR) is 295 cm³/mol. The van der Waals surface area contributed by atoms with Crippen LogP contribution in [0.5, 0.6) is 11.8 Å². The van der Waals surface area contributed by atoms with E-state index in [0.717, 1.165) is 53.7 Å². The number of halogens is 7. The zero-order valence-electron chi connectivity index (χ0n) is 41.2. The first-order chi connectivity index (χ1) is 34.3. The zero-order valence-corrected chi connectivity index (χ0v) is 44.4. The molecule has 16 nitrogen and oxygen atoms in total. The van der Waals surface area contributed by atoms with Gasteiger partial charge in [-0.2, -0.15) is 18.3 Å². The lowest BCUT2D eigenvalue weighted by molar-refractivity contribution is -0.138. The van der Waals surface area contributed by atoms with Gasteiger partial charge in [0.2, 0.25) is 11.8 Å². The van der Waals surface area contributed by atoms with Crippen LogP contribution in [0.2, 0.25) is 0 Å². The van der Waals surface area contributed by atoms with E-state index in [-0.39, 0.29) is 56.1 Å². The van der Waals surface area contributed by atoms with Crippen molar-refractivity contribution in [1.82, 2.24) is 49.3 Å². The number of hydrogen-bond donors (Lipinski definition) is 3. The lowest BCUT2D eigenvalue weighted by Crippen LogP contribution is -2.27. The number of methoxy groups -OCH3 is 2. The number of alkyl halides is 4. The van der Waals surface area contributed by atoms with E-state index in [9.17, 15) is 18.0 Å². The maximum absolute atomic E-state index is 13.6. The highest BCUT2D eigenvalue weighted by Gasteiger charge is 2.37. The summed E-state index contributed by atoms with van der Waals surface area (Å²) < 4.78 is 62.2. The molecule has 2 atom stereocenters. The van der Waals surface area contributed by atoms with Gasteiger partial charge in [0.05, 0.1) is 67.7 Å². The van der Waals surface area contributed by atoms with E-state index in [4.69, 9.17) is 37.1 Å². The van der Waals surface area contributed by atoms with Crippen molar-refractivity contribution in [3.05, 3.63) is 161 Å².